The number of aromatic amines is 2. The van der Waals surface area contributed by atoms with Gasteiger partial charge < -0.3 is 19.6 Å². The third-order valence-electron chi connectivity index (χ3n) is 14.9. The number of ether oxygens (including phenoxy) is 1. The first-order valence-corrected chi connectivity index (χ1v) is 24.5. The Morgan fingerprint density at radius 1 is 0.779 bits per heavy atom. The minimum absolute atomic E-state index is 0.00993. The van der Waals surface area contributed by atoms with Crippen LogP contribution in [0.4, 0.5) is 8.78 Å². The van der Waals surface area contributed by atoms with Crippen LogP contribution in [0.2, 0.25) is 0 Å². The first kappa shape index (κ1) is 46.8. The van der Waals surface area contributed by atoms with Crippen LogP contribution in [-0.2, 0) is 25.0 Å². The van der Waals surface area contributed by atoms with Gasteiger partial charge in [-0.3, -0.25) is 19.3 Å². The zero-order valence-corrected chi connectivity index (χ0v) is 39.7. The zero-order valence-electron chi connectivity index (χ0n) is 39.7. The highest BCUT2D eigenvalue weighted by atomic mass is 19.3. The summed E-state index contributed by atoms with van der Waals surface area (Å²) >= 11 is 0. The molecule has 9 rings (SSSR count). The number of likely N-dealkylation sites (N-methyl/N-ethyl adjacent to an activating group) is 1. The number of imidazole rings is 2. The van der Waals surface area contributed by atoms with E-state index in [9.17, 15) is 14.4 Å². The number of esters is 1. The van der Waals surface area contributed by atoms with E-state index in [1.807, 2.05) is 79.5 Å². The number of hydrogen-bond donors (Lipinski definition) is 2. The van der Waals surface area contributed by atoms with Crippen molar-refractivity contribution in [3.05, 3.63) is 132 Å². The first-order chi connectivity index (χ1) is 32.9. The van der Waals surface area contributed by atoms with E-state index in [0.29, 0.717) is 52.5 Å². The number of nitrogens with zero attached hydrogens (tertiary/aromatic N) is 4. The maximum atomic E-state index is 16.6. The zero-order chi connectivity index (χ0) is 47.7. The van der Waals surface area contributed by atoms with Gasteiger partial charge in [0.1, 0.15) is 11.6 Å². The molecule has 0 bridgehead atoms. The van der Waals surface area contributed by atoms with E-state index in [0.717, 1.165) is 79.8 Å². The van der Waals surface area contributed by atoms with Gasteiger partial charge >= 0.3 is 5.97 Å². The van der Waals surface area contributed by atoms with Gasteiger partial charge in [-0.25, -0.2) is 9.97 Å². The van der Waals surface area contributed by atoms with Crippen LogP contribution in [0.1, 0.15) is 125 Å². The molecule has 2 aromatic heterocycles. The number of hydrogen-bond acceptors (Lipinski definition) is 7. The molecule has 10 nitrogen and oxygen atoms in total. The highest BCUT2D eigenvalue weighted by Crippen LogP contribution is 2.53. The number of aromatic nitrogens is 4. The molecule has 12 heteroatoms. The second-order valence-electron chi connectivity index (χ2n) is 19.2. The van der Waals surface area contributed by atoms with Crippen molar-refractivity contribution >= 4 is 17.7 Å². The number of likely N-dealkylation sites (tertiary alicyclic amines) is 1. The molecule has 1 amide bonds. The highest BCUT2D eigenvalue weighted by molar-refractivity contribution is 5.88. The van der Waals surface area contributed by atoms with E-state index in [2.05, 4.69) is 45.8 Å². The van der Waals surface area contributed by atoms with E-state index in [1.165, 1.54) is 7.11 Å². The van der Waals surface area contributed by atoms with Crippen LogP contribution >= 0.6 is 0 Å². The van der Waals surface area contributed by atoms with Crippen LogP contribution in [-0.4, -0.2) is 74.1 Å². The van der Waals surface area contributed by atoms with Crippen LogP contribution < -0.4 is 0 Å². The van der Waals surface area contributed by atoms with Crippen LogP contribution in [0.3, 0.4) is 0 Å². The van der Waals surface area contributed by atoms with Gasteiger partial charge in [0, 0.05) is 47.4 Å². The van der Waals surface area contributed by atoms with Crippen molar-refractivity contribution in [1.82, 2.24) is 29.7 Å². The second kappa shape index (κ2) is 19.8. The number of alkyl halides is 2. The van der Waals surface area contributed by atoms with Crippen LogP contribution in [0.15, 0.2) is 103 Å². The number of rotatable bonds is 16. The Bertz CT molecular complexity index is 2760. The fourth-order valence-corrected chi connectivity index (χ4v) is 11.1. The molecule has 1 saturated carbocycles. The molecular formula is C56H62F2N6O4. The maximum Gasteiger partial charge on any atom is 0.305 e. The number of benzene rings is 4. The summed E-state index contributed by atoms with van der Waals surface area (Å²) in [6.07, 6.45) is 9.22. The number of amides is 1. The number of ketones is 1. The number of H-pyrrole nitrogens is 2. The summed E-state index contributed by atoms with van der Waals surface area (Å²) in [5.74, 6) is -1.96. The van der Waals surface area contributed by atoms with Gasteiger partial charge in [0.05, 0.1) is 43.0 Å². The molecule has 0 spiro atoms. The molecule has 2 aliphatic carbocycles. The van der Waals surface area contributed by atoms with Crippen molar-refractivity contribution < 1.29 is 27.9 Å². The molecule has 1 aliphatic heterocycles. The standard InChI is InChI=1S/C56H62F2N6O4/c1-6-63(7-2)51(37-13-9-8-10-14-37)52(66)40-15-11-16-41(29-40)53-59-32-47(61-53)36-20-18-35(19-21-36)38-22-24-43-44-25-23-39(31-46(44)56(57,58)45(43)30-38)48-33-60-54(62-48)49-17-12-28-64(49)55(67)42(34(3)4)26-27-50(65)68-5/h8-10,13-14,18-25,30-34,40-42,49,51H,6-7,11-12,15-17,26-29H2,1-5H3,(H,59,61)(H,60,62). The number of carbonyl (C=O) groups is 3. The molecule has 2 N–H and O–H groups in total. The Labute approximate surface area is 397 Å². The third-order valence-corrected chi connectivity index (χ3v) is 14.9. The van der Waals surface area contributed by atoms with Gasteiger partial charge in [0.25, 0.3) is 5.92 Å². The summed E-state index contributed by atoms with van der Waals surface area (Å²) in [7, 11) is 1.35. The van der Waals surface area contributed by atoms with Gasteiger partial charge in [0.2, 0.25) is 5.91 Å². The minimum atomic E-state index is -3.23. The lowest BCUT2D eigenvalue weighted by Gasteiger charge is -2.34. The maximum absolute atomic E-state index is 16.6. The molecule has 1 saturated heterocycles. The molecular weight excluding hydrogens is 859 g/mol. The molecule has 0 radical (unpaired) electrons. The predicted octanol–water partition coefficient (Wildman–Crippen LogP) is 12.1. The highest BCUT2D eigenvalue weighted by Gasteiger charge is 2.45. The van der Waals surface area contributed by atoms with Crippen LogP contribution in [0.5, 0.6) is 0 Å². The summed E-state index contributed by atoms with van der Waals surface area (Å²) in [5.41, 5.74) is 6.51. The summed E-state index contributed by atoms with van der Waals surface area (Å²) in [6, 6.07) is 28.0. The van der Waals surface area contributed by atoms with Crippen molar-refractivity contribution in [3.63, 3.8) is 0 Å². The van der Waals surface area contributed by atoms with Crippen molar-refractivity contribution in [2.24, 2.45) is 17.8 Å². The summed E-state index contributed by atoms with van der Waals surface area (Å²) < 4.78 is 37.9. The van der Waals surface area contributed by atoms with Crippen LogP contribution in [0, 0.1) is 17.8 Å². The van der Waals surface area contributed by atoms with E-state index in [1.54, 1.807) is 30.5 Å². The fourth-order valence-electron chi connectivity index (χ4n) is 11.1. The number of carbonyl (C=O) groups excluding carboxylic acids is 3. The van der Waals surface area contributed by atoms with Crippen molar-refractivity contribution in [2.75, 3.05) is 26.7 Å². The lowest BCUT2D eigenvalue weighted by Crippen LogP contribution is -2.38. The normalized spacial score (nSPS) is 19.5. The number of nitrogens with one attached hydrogen (secondary N) is 2. The van der Waals surface area contributed by atoms with Crippen molar-refractivity contribution in [3.8, 4) is 44.8 Å². The van der Waals surface area contributed by atoms with E-state index >= 15 is 8.78 Å². The first-order valence-electron chi connectivity index (χ1n) is 24.5. The molecule has 4 aromatic carbocycles. The lowest BCUT2D eigenvalue weighted by atomic mass is 9.76. The Kier molecular flexibility index (Phi) is 13.6. The predicted molar refractivity (Wildman–Crippen MR) is 261 cm³/mol. The Hall–Kier alpha value is -6.27. The second-order valence-corrected chi connectivity index (χ2v) is 19.2. The van der Waals surface area contributed by atoms with Gasteiger partial charge in [-0.2, -0.15) is 8.78 Å². The molecule has 2 fully saturated rings. The van der Waals surface area contributed by atoms with Crippen molar-refractivity contribution in [1.29, 1.82) is 0 Å². The van der Waals surface area contributed by atoms with E-state index in [-0.39, 0.29) is 65.2 Å². The summed E-state index contributed by atoms with van der Waals surface area (Å²) in [4.78, 5) is 60.5. The van der Waals surface area contributed by atoms with Crippen LogP contribution in [0.25, 0.3) is 44.8 Å². The van der Waals surface area contributed by atoms with Gasteiger partial charge in [-0.1, -0.05) is 113 Å². The van der Waals surface area contributed by atoms with Gasteiger partial charge in [0.15, 0.2) is 5.78 Å². The molecule has 68 heavy (non-hydrogen) atoms. The monoisotopic (exact) mass is 920 g/mol. The number of Topliss-reactive ketones (excluding diaryl/α,β-unsaturated/α-hetero) is 1. The minimum Gasteiger partial charge on any atom is -0.469 e. The molecule has 5 atom stereocenters. The quantitative estimate of drug-likeness (QED) is 0.0926. The van der Waals surface area contributed by atoms with Gasteiger partial charge in [-0.05, 0) is 103 Å². The molecule has 3 aliphatic rings. The largest absolute Gasteiger partial charge is 0.469 e. The summed E-state index contributed by atoms with van der Waals surface area (Å²) in [5, 5.41) is 0. The number of halogens is 2. The van der Waals surface area contributed by atoms with E-state index in [4.69, 9.17) is 9.72 Å². The average Bonchev–Trinajstić information content (AvgIpc) is 4.20. The third kappa shape index (κ3) is 9.07. The molecule has 3 heterocycles. The number of methoxy groups -OCH3 is 1. The Balaban J connectivity index is 0.876. The molecule has 6 aromatic rings. The van der Waals surface area contributed by atoms with Gasteiger partial charge in [-0.15, -0.1) is 0 Å². The SMILES string of the molecule is CCN(CC)C(C(=O)C1CCCC(c2ncc(-c3ccc(-c4ccc5c(c4)C(F)(F)c4cc(-c6cnc(C7CCCN7C(=O)C(CCC(=O)OC)C(C)C)[nH]6)ccc4-5)cc3)[nH]2)C1)c1ccccc1. The molecule has 5 unspecified atom stereocenters. The molecule has 354 valence electrons. The summed E-state index contributed by atoms with van der Waals surface area (Å²) in [6.45, 7) is 10.4. The Morgan fingerprint density at radius 2 is 1.40 bits per heavy atom. The lowest BCUT2D eigenvalue weighted by molar-refractivity contribution is -0.142. The van der Waals surface area contributed by atoms with E-state index < -0.39 is 5.92 Å². The topological polar surface area (TPSA) is 124 Å². The number of fused-ring (bicyclic) bond motifs is 3. The smallest absolute Gasteiger partial charge is 0.305 e. The Morgan fingerprint density at radius 3 is 2.07 bits per heavy atom. The fraction of sp³-hybridized carbons (Fsp3) is 0.411. The average molecular weight is 921 g/mol. The van der Waals surface area contributed by atoms with Crippen molar-refractivity contribution in [2.45, 2.75) is 103 Å².